The van der Waals surface area contributed by atoms with Crippen molar-refractivity contribution in [1.29, 1.82) is 0 Å². The van der Waals surface area contributed by atoms with Crippen molar-refractivity contribution in [3.05, 3.63) is 0 Å². The van der Waals surface area contributed by atoms with E-state index >= 15 is 0 Å². The Kier molecular flexibility index (Phi) is 6.91. The van der Waals surface area contributed by atoms with E-state index in [2.05, 4.69) is 24.1 Å². The van der Waals surface area contributed by atoms with E-state index in [4.69, 9.17) is 4.74 Å². The quantitative estimate of drug-likeness (QED) is 0.717. The van der Waals surface area contributed by atoms with E-state index in [1.165, 1.54) is 6.26 Å². The van der Waals surface area contributed by atoms with Crippen LogP contribution in [0.2, 0.25) is 0 Å². The molecule has 1 aliphatic heterocycles. The Morgan fingerprint density at radius 1 is 1.30 bits per heavy atom. The molecule has 1 fully saturated rings. The molecule has 1 N–H and O–H groups in total. The van der Waals surface area contributed by atoms with Gasteiger partial charge in [-0.15, -0.1) is 0 Å². The first kappa shape index (κ1) is 17.9. The molecule has 120 valence electrons. The summed E-state index contributed by atoms with van der Waals surface area (Å²) in [5.74, 6) is 0.230. The molecule has 1 saturated heterocycles. The molecule has 0 amide bonds. The number of nitrogens with zero attached hydrogens (tertiary/aromatic N) is 1. The lowest BCUT2D eigenvalue weighted by molar-refractivity contribution is -0.000676. The first-order valence-corrected chi connectivity index (χ1v) is 9.46. The summed E-state index contributed by atoms with van der Waals surface area (Å²) in [5, 5.41) is 3.53. The first-order valence-electron chi connectivity index (χ1n) is 7.40. The van der Waals surface area contributed by atoms with Gasteiger partial charge in [-0.05, 0) is 25.3 Å². The second-order valence-corrected chi connectivity index (χ2v) is 8.78. The van der Waals surface area contributed by atoms with Gasteiger partial charge >= 0.3 is 0 Å². The van der Waals surface area contributed by atoms with Gasteiger partial charge in [-0.2, -0.15) is 0 Å². The molecular weight excluding hydrogens is 276 g/mol. The average Bonchev–Trinajstić information content (AvgIpc) is 2.34. The minimum absolute atomic E-state index is 0.203. The zero-order valence-corrected chi connectivity index (χ0v) is 14.1. The van der Waals surface area contributed by atoms with Gasteiger partial charge in [-0.3, -0.25) is 0 Å². The van der Waals surface area contributed by atoms with Crippen LogP contribution in [0.3, 0.4) is 0 Å². The summed E-state index contributed by atoms with van der Waals surface area (Å²) >= 11 is 0. The molecule has 0 saturated carbocycles. The summed E-state index contributed by atoms with van der Waals surface area (Å²) in [6.07, 6.45) is 3.37. The lowest BCUT2D eigenvalue weighted by Gasteiger charge is -2.40. The first-order chi connectivity index (χ1) is 9.22. The molecule has 20 heavy (non-hydrogen) atoms. The van der Waals surface area contributed by atoms with Crippen LogP contribution in [-0.4, -0.2) is 71.3 Å². The van der Waals surface area contributed by atoms with Crippen molar-refractivity contribution in [2.75, 3.05) is 51.9 Å². The average molecular weight is 306 g/mol. The molecule has 0 aromatic heterocycles. The van der Waals surface area contributed by atoms with E-state index < -0.39 is 9.84 Å². The van der Waals surface area contributed by atoms with E-state index in [1.54, 1.807) is 0 Å². The van der Waals surface area contributed by atoms with Gasteiger partial charge in [0.15, 0.2) is 0 Å². The Labute approximate surface area is 124 Å². The van der Waals surface area contributed by atoms with Gasteiger partial charge in [-0.1, -0.05) is 13.8 Å². The summed E-state index contributed by atoms with van der Waals surface area (Å²) in [4.78, 5) is 2.15. The van der Waals surface area contributed by atoms with Crippen LogP contribution in [0, 0.1) is 5.41 Å². The monoisotopic (exact) mass is 306 g/mol. The predicted octanol–water partition coefficient (Wildman–Crippen LogP) is 0.758. The molecule has 1 aliphatic rings. The van der Waals surface area contributed by atoms with E-state index in [0.29, 0.717) is 12.6 Å². The van der Waals surface area contributed by atoms with E-state index in [-0.39, 0.29) is 11.2 Å². The van der Waals surface area contributed by atoms with Crippen LogP contribution in [0.15, 0.2) is 0 Å². The highest BCUT2D eigenvalue weighted by atomic mass is 32.2. The highest BCUT2D eigenvalue weighted by Gasteiger charge is 2.33. The second-order valence-electron chi connectivity index (χ2n) is 6.52. The third kappa shape index (κ3) is 7.02. The van der Waals surface area contributed by atoms with E-state index in [9.17, 15) is 8.42 Å². The van der Waals surface area contributed by atoms with Crippen molar-refractivity contribution < 1.29 is 13.2 Å². The Morgan fingerprint density at radius 3 is 2.40 bits per heavy atom. The maximum atomic E-state index is 11.3. The van der Waals surface area contributed by atoms with Crippen molar-refractivity contribution in [1.82, 2.24) is 10.2 Å². The van der Waals surface area contributed by atoms with E-state index in [1.807, 2.05) is 7.05 Å². The van der Waals surface area contributed by atoms with Gasteiger partial charge in [-0.25, -0.2) is 8.42 Å². The SMILES string of the molecule is CC(C)NCC1(CN(C)CCS(C)(=O)=O)CCOCC1. The van der Waals surface area contributed by atoms with Crippen molar-refractivity contribution in [2.45, 2.75) is 32.7 Å². The molecule has 0 atom stereocenters. The van der Waals surface area contributed by atoms with Crippen molar-refractivity contribution >= 4 is 9.84 Å². The Balaban J connectivity index is 2.55. The topological polar surface area (TPSA) is 58.6 Å². The van der Waals surface area contributed by atoms with Crippen LogP contribution in [0.25, 0.3) is 0 Å². The minimum atomic E-state index is -2.89. The molecule has 0 spiro atoms. The van der Waals surface area contributed by atoms with Crippen molar-refractivity contribution in [2.24, 2.45) is 5.41 Å². The molecular formula is C14H30N2O3S. The second kappa shape index (κ2) is 7.73. The number of sulfone groups is 1. The van der Waals surface area contributed by atoms with Crippen LogP contribution >= 0.6 is 0 Å². The van der Waals surface area contributed by atoms with Crippen LogP contribution < -0.4 is 5.32 Å². The highest BCUT2D eigenvalue weighted by molar-refractivity contribution is 7.90. The Bertz CT molecular complexity index is 376. The maximum absolute atomic E-state index is 11.3. The van der Waals surface area contributed by atoms with Gasteiger partial charge in [0.2, 0.25) is 0 Å². The Hall–Kier alpha value is -0.170. The molecule has 0 aromatic carbocycles. The third-order valence-corrected chi connectivity index (χ3v) is 4.81. The lowest BCUT2D eigenvalue weighted by Crippen LogP contribution is -2.48. The summed E-state index contributed by atoms with van der Waals surface area (Å²) in [6, 6.07) is 0.469. The number of hydrogen-bond donors (Lipinski definition) is 1. The van der Waals surface area contributed by atoms with Gasteiger partial charge in [0.1, 0.15) is 9.84 Å². The number of nitrogens with one attached hydrogen (secondary N) is 1. The fourth-order valence-electron chi connectivity index (χ4n) is 2.59. The molecule has 1 rings (SSSR count). The predicted molar refractivity (Wildman–Crippen MR) is 82.8 cm³/mol. The number of hydrogen-bond acceptors (Lipinski definition) is 5. The fraction of sp³-hybridized carbons (Fsp3) is 1.00. The molecule has 0 radical (unpaired) electrons. The largest absolute Gasteiger partial charge is 0.381 e. The molecule has 1 heterocycles. The molecule has 5 nitrogen and oxygen atoms in total. The molecule has 6 heteroatoms. The fourth-order valence-corrected chi connectivity index (χ4v) is 3.23. The summed E-state index contributed by atoms with van der Waals surface area (Å²) in [6.45, 7) is 8.41. The summed E-state index contributed by atoms with van der Waals surface area (Å²) in [7, 11) is -0.876. The third-order valence-electron chi connectivity index (χ3n) is 3.89. The summed E-state index contributed by atoms with van der Waals surface area (Å²) < 4.78 is 28.0. The summed E-state index contributed by atoms with van der Waals surface area (Å²) in [5.41, 5.74) is 0.203. The van der Waals surface area contributed by atoms with Crippen LogP contribution in [0.5, 0.6) is 0 Å². The van der Waals surface area contributed by atoms with Crippen LogP contribution in [-0.2, 0) is 14.6 Å². The van der Waals surface area contributed by atoms with Crippen molar-refractivity contribution in [3.63, 3.8) is 0 Å². The van der Waals surface area contributed by atoms with Crippen LogP contribution in [0.4, 0.5) is 0 Å². The molecule has 0 aliphatic carbocycles. The van der Waals surface area contributed by atoms with Crippen molar-refractivity contribution in [3.8, 4) is 0 Å². The maximum Gasteiger partial charge on any atom is 0.148 e. The van der Waals surface area contributed by atoms with E-state index in [0.717, 1.165) is 39.1 Å². The standard InChI is InChI=1S/C14H30N2O3S/c1-13(2)15-11-14(5-8-19-9-6-14)12-16(3)7-10-20(4,17)18/h13,15H,5-12H2,1-4H3. The molecule has 0 aromatic rings. The smallest absolute Gasteiger partial charge is 0.148 e. The molecule has 0 unspecified atom stereocenters. The number of ether oxygens (including phenoxy) is 1. The number of rotatable bonds is 8. The van der Waals surface area contributed by atoms with Crippen LogP contribution in [0.1, 0.15) is 26.7 Å². The molecule has 0 bridgehead atoms. The normalized spacial score (nSPS) is 19.7. The Morgan fingerprint density at radius 2 is 1.90 bits per heavy atom. The minimum Gasteiger partial charge on any atom is -0.381 e. The van der Waals surface area contributed by atoms with Gasteiger partial charge in [0, 0.05) is 45.1 Å². The van der Waals surface area contributed by atoms with Gasteiger partial charge in [0.25, 0.3) is 0 Å². The van der Waals surface area contributed by atoms with Gasteiger partial charge in [0.05, 0.1) is 5.75 Å². The van der Waals surface area contributed by atoms with Gasteiger partial charge < -0.3 is 15.0 Å². The zero-order chi connectivity index (χ0) is 15.2. The zero-order valence-electron chi connectivity index (χ0n) is 13.3. The highest BCUT2D eigenvalue weighted by Crippen LogP contribution is 2.30. The lowest BCUT2D eigenvalue weighted by atomic mass is 9.79.